The standard InChI is InChI=1S/C16H16BrF3N2O/c17-15-10-8-21-22(13-3-1-2-6-23-13)12(10)7-9-4-5-11(14(9)15)16(18,19)20/h7-8,11,13H,1-6H2. The van der Waals surface area contributed by atoms with Gasteiger partial charge in [-0.1, -0.05) is 0 Å². The van der Waals surface area contributed by atoms with E-state index in [2.05, 4.69) is 21.0 Å². The summed E-state index contributed by atoms with van der Waals surface area (Å²) < 4.78 is 47.9. The predicted molar refractivity (Wildman–Crippen MR) is 83.4 cm³/mol. The number of nitrogens with zero attached hydrogens (tertiary/aromatic N) is 2. The van der Waals surface area contributed by atoms with Crippen molar-refractivity contribution in [1.29, 1.82) is 0 Å². The fourth-order valence-corrected chi connectivity index (χ4v) is 4.55. The van der Waals surface area contributed by atoms with Gasteiger partial charge in [0.05, 0.1) is 17.6 Å². The zero-order valence-corrected chi connectivity index (χ0v) is 14.0. The van der Waals surface area contributed by atoms with Crippen molar-refractivity contribution in [3.8, 4) is 0 Å². The van der Waals surface area contributed by atoms with E-state index < -0.39 is 12.1 Å². The van der Waals surface area contributed by atoms with E-state index in [4.69, 9.17) is 4.74 Å². The molecule has 1 aromatic heterocycles. The highest BCUT2D eigenvalue weighted by Gasteiger charge is 2.45. The molecule has 1 aromatic carbocycles. The first kappa shape index (κ1) is 15.4. The number of benzene rings is 1. The number of ether oxygens (including phenoxy) is 1. The Morgan fingerprint density at radius 2 is 2.09 bits per heavy atom. The van der Waals surface area contributed by atoms with Gasteiger partial charge in [0.15, 0.2) is 6.23 Å². The Hall–Kier alpha value is -1.08. The predicted octanol–water partition coefficient (Wildman–Crippen LogP) is 5.09. The Morgan fingerprint density at radius 1 is 1.26 bits per heavy atom. The van der Waals surface area contributed by atoms with Crippen LogP contribution in [0.4, 0.5) is 13.2 Å². The SMILES string of the molecule is FC(F)(F)C1CCc2cc3c(cnn3C3CCCCO3)c(Br)c21. The number of hydrogen-bond acceptors (Lipinski definition) is 2. The quantitative estimate of drug-likeness (QED) is 0.680. The lowest BCUT2D eigenvalue weighted by molar-refractivity contribution is -0.149. The van der Waals surface area contributed by atoms with Crippen LogP contribution in [0.5, 0.6) is 0 Å². The minimum absolute atomic E-state index is 0.119. The number of rotatable bonds is 1. The van der Waals surface area contributed by atoms with E-state index in [1.807, 2.05) is 10.7 Å². The lowest BCUT2D eigenvalue weighted by Gasteiger charge is -2.24. The molecule has 7 heteroatoms. The highest BCUT2D eigenvalue weighted by molar-refractivity contribution is 9.10. The molecule has 1 aliphatic heterocycles. The molecule has 0 N–H and O–H groups in total. The van der Waals surface area contributed by atoms with E-state index in [0.717, 1.165) is 35.7 Å². The first-order valence-electron chi connectivity index (χ1n) is 7.83. The Labute approximate surface area is 139 Å². The van der Waals surface area contributed by atoms with Crippen molar-refractivity contribution >= 4 is 26.8 Å². The van der Waals surface area contributed by atoms with Crippen LogP contribution in [0.15, 0.2) is 16.7 Å². The van der Waals surface area contributed by atoms with Gasteiger partial charge in [-0.05, 0) is 65.2 Å². The molecule has 2 atom stereocenters. The summed E-state index contributed by atoms with van der Waals surface area (Å²) in [4.78, 5) is 0. The van der Waals surface area contributed by atoms with E-state index in [1.165, 1.54) is 0 Å². The van der Waals surface area contributed by atoms with Gasteiger partial charge in [0.1, 0.15) is 0 Å². The second kappa shape index (κ2) is 5.48. The largest absolute Gasteiger partial charge is 0.395 e. The van der Waals surface area contributed by atoms with Crippen LogP contribution in [0.3, 0.4) is 0 Å². The fraction of sp³-hybridized carbons (Fsp3) is 0.562. The summed E-state index contributed by atoms with van der Waals surface area (Å²) in [6, 6.07) is 1.87. The van der Waals surface area contributed by atoms with E-state index in [0.29, 0.717) is 23.1 Å². The molecule has 23 heavy (non-hydrogen) atoms. The summed E-state index contributed by atoms with van der Waals surface area (Å²) in [6.07, 6.45) is 0.897. The minimum Gasteiger partial charge on any atom is -0.356 e. The minimum atomic E-state index is -4.20. The number of fused-ring (bicyclic) bond motifs is 2. The van der Waals surface area contributed by atoms with Gasteiger partial charge in [-0.25, -0.2) is 4.68 Å². The third-order valence-corrected chi connectivity index (χ3v) is 5.69. The normalized spacial score (nSPS) is 25.0. The molecule has 1 aliphatic carbocycles. The first-order valence-corrected chi connectivity index (χ1v) is 8.63. The summed E-state index contributed by atoms with van der Waals surface area (Å²) in [5.41, 5.74) is 2.00. The van der Waals surface area contributed by atoms with Crippen LogP contribution in [0.2, 0.25) is 0 Å². The summed E-state index contributed by atoms with van der Waals surface area (Å²) in [7, 11) is 0. The van der Waals surface area contributed by atoms with Crippen molar-refractivity contribution in [1.82, 2.24) is 9.78 Å². The van der Waals surface area contributed by atoms with Crippen LogP contribution in [-0.4, -0.2) is 22.6 Å². The smallest absolute Gasteiger partial charge is 0.356 e. The topological polar surface area (TPSA) is 27.1 Å². The van der Waals surface area contributed by atoms with E-state index in [-0.39, 0.29) is 12.6 Å². The molecule has 0 radical (unpaired) electrons. The van der Waals surface area contributed by atoms with Gasteiger partial charge in [0, 0.05) is 16.5 Å². The Morgan fingerprint density at radius 3 is 2.78 bits per heavy atom. The maximum atomic E-state index is 13.3. The highest BCUT2D eigenvalue weighted by atomic mass is 79.9. The molecule has 4 rings (SSSR count). The van der Waals surface area contributed by atoms with Gasteiger partial charge in [-0.15, -0.1) is 0 Å². The Bertz CT molecular complexity index is 750. The zero-order valence-electron chi connectivity index (χ0n) is 12.4. The molecule has 0 amide bonds. The summed E-state index contributed by atoms with van der Waals surface area (Å²) in [6.45, 7) is 0.703. The Balaban J connectivity index is 1.83. The zero-order chi connectivity index (χ0) is 16.2. The van der Waals surface area contributed by atoms with Crippen molar-refractivity contribution in [3.05, 3.63) is 27.9 Å². The van der Waals surface area contributed by atoms with Gasteiger partial charge in [-0.3, -0.25) is 0 Å². The van der Waals surface area contributed by atoms with E-state index in [1.54, 1.807) is 6.20 Å². The molecule has 0 saturated carbocycles. The van der Waals surface area contributed by atoms with Crippen molar-refractivity contribution < 1.29 is 17.9 Å². The Kier molecular flexibility index (Phi) is 3.68. The van der Waals surface area contributed by atoms with Gasteiger partial charge in [0.25, 0.3) is 0 Å². The molecule has 2 aromatic rings. The van der Waals surface area contributed by atoms with Crippen LogP contribution < -0.4 is 0 Å². The molecule has 2 aliphatic rings. The van der Waals surface area contributed by atoms with Crippen molar-refractivity contribution in [3.63, 3.8) is 0 Å². The van der Waals surface area contributed by atoms with Crippen LogP contribution >= 0.6 is 15.9 Å². The van der Waals surface area contributed by atoms with Crippen LogP contribution in [-0.2, 0) is 11.2 Å². The molecule has 3 nitrogen and oxygen atoms in total. The van der Waals surface area contributed by atoms with Crippen molar-refractivity contribution in [2.45, 2.75) is 50.4 Å². The lowest BCUT2D eigenvalue weighted by Crippen LogP contribution is -2.19. The van der Waals surface area contributed by atoms with Gasteiger partial charge >= 0.3 is 6.18 Å². The lowest BCUT2D eigenvalue weighted by atomic mass is 9.99. The first-order chi connectivity index (χ1) is 11.0. The number of aryl methyl sites for hydroxylation is 1. The summed E-state index contributed by atoms with van der Waals surface area (Å²) in [5, 5.41) is 5.12. The van der Waals surface area contributed by atoms with Crippen molar-refractivity contribution in [2.24, 2.45) is 0 Å². The van der Waals surface area contributed by atoms with Gasteiger partial charge in [-0.2, -0.15) is 18.3 Å². The molecule has 1 saturated heterocycles. The molecule has 0 spiro atoms. The molecular formula is C16H16BrF3N2O. The van der Waals surface area contributed by atoms with Gasteiger partial charge in [0.2, 0.25) is 0 Å². The molecule has 2 heterocycles. The maximum absolute atomic E-state index is 13.3. The number of alkyl halides is 3. The molecule has 1 fully saturated rings. The van der Waals surface area contributed by atoms with Crippen LogP contribution in [0.25, 0.3) is 10.9 Å². The summed E-state index contributed by atoms with van der Waals surface area (Å²) in [5.74, 6) is -1.38. The van der Waals surface area contributed by atoms with Gasteiger partial charge < -0.3 is 4.74 Å². The molecule has 2 unspecified atom stereocenters. The average molecular weight is 389 g/mol. The average Bonchev–Trinajstić information content (AvgIpc) is 3.12. The van der Waals surface area contributed by atoms with Crippen molar-refractivity contribution in [2.75, 3.05) is 6.61 Å². The second-order valence-corrected chi connectivity index (χ2v) is 7.03. The fourth-order valence-electron chi connectivity index (χ4n) is 3.71. The van der Waals surface area contributed by atoms with Crippen LogP contribution in [0, 0.1) is 0 Å². The number of halogens is 4. The third kappa shape index (κ3) is 2.48. The molecular weight excluding hydrogens is 373 g/mol. The maximum Gasteiger partial charge on any atom is 0.395 e. The summed E-state index contributed by atoms with van der Waals surface area (Å²) >= 11 is 3.41. The number of hydrogen-bond donors (Lipinski definition) is 0. The van der Waals surface area contributed by atoms with Crippen LogP contribution in [0.1, 0.15) is 49.0 Å². The van der Waals surface area contributed by atoms with E-state index in [9.17, 15) is 13.2 Å². The highest BCUT2D eigenvalue weighted by Crippen LogP contribution is 2.49. The number of aromatic nitrogens is 2. The van der Waals surface area contributed by atoms with E-state index >= 15 is 0 Å². The monoisotopic (exact) mass is 388 g/mol. The molecule has 124 valence electrons. The third-order valence-electron chi connectivity index (χ3n) is 4.84. The second-order valence-electron chi connectivity index (χ2n) is 6.24. The molecule has 0 bridgehead atoms.